The summed E-state index contributed by atoms with van der Waals surface area (Å²) in [6, 6.07) is 3.91. The Balaban J connectivity index is 2.16. The fraction of sp³-hybridized carbons (Fsp3) is 0.647. The van der Waals surface area contributed by atoms with Crippen molar-refractivity contribution < 1.29 is 8.42 Å². The third-order valence-corrected chi connectivity index (χ3v) is 6.57. The lowest BCUT2D eigenvalue weighted by Crippen LogP contribution is -2.48. The highest BCUT2D eigenvalue weighted by Crippen LogP contribution is 2.26. The monoisotopic (exact) mass is 324 g/mol. The van der Waals surface area contributed by atoms with E-state index in [4.69, 9.17) is 0 Å². The summed E-state index contributed by atoms with van der Waals surface area (Å²) in [5.74, 6) is 0. The van der Waals surface area contributed by atoms with Gasteiger partial charge in [0, 0.05) is 26.2 Å². The first-order chi connectivity index (χ1) is 10.4. The molecule has 124 valence electrons. The molecule has 0 unspecified atom stereocenters. The summed E-state index contributed by atoms with van der Waals surface area (Å²) in [6.07, 6.45) is 2.36. The zero-order valence-corrected chi connectivity index (χ0v) is 15.0. The highest BCUT2D eigenvalue weighted by atomic mass is 32.2. The molecule has 0 N–H and O–H groups in total. The van der Waals surface area contributed by atoms with Gasteiger partial charge in [-0.15, -0.1) is 0 Å². The van der Waals surface area contributed by atoms with Crippen molar-refractivity contribution in [3.05, 3.63) is 28.8 Å². The maximum Gasteiger partial charge on any atom is 0.243 e. The van der Waals surface area contributed by atoms with Crippen molar-refractivity contribution in [3.8, 4) is 0 Å². The van der Waals surface area contributed by atoms with E-state index in [1.807, 2.05) is 32.9 Å². The van der Waals surface area contributed by atoms with Gasteiger partial charge in [-0.25, -0.2) is 8.42 Å². The molecule has 0 aromatic heterocycles. The van der Waals surface area contributed by atoms with E-state index in [1.54, 1.807) is 4.31 Å². The van der Waals surface area contributed by atoms with Gasteiger partial charge >= 0.3 is 0 Å². The van der Waals surface area contributed by atoms with Gasteiger partial charge in [-0.1, -0.05) is 31.0 Å². The molecule has 0 bridgehead atoms. The third-order valence-electron chi connectivity index (χ3n) is 4.36. The lowest BCUT2D eigenvalue weighted by molar-refractivity contribution is 0.186. The van der Waals surface area contributed by atoms with Crippen LogP contribution in [0.2, 0.25) is 0 Å². The van der Waals surface area contributed by atoms with Gasteiger partial charge < -0.3 is 4.90 Å². The van der Waals surface area contributed by atoms with E-state index < -0.39 is 10.0 Å². The van der Waals surface area contributed by atoms with E-state index in [0.717, 1.165) is 36.3 Å². The summed E-state index contributed by atoms with van der Waals surface area (Å²) in [5, 5.41) is 0. The molecule has 4 nitrogen and oxygen atoms in total. The highest BCUT2D eigenvalue weighted by Gasteiger charge is 2.30. The fourth-order valence-electron chi connectivity index (χ4n) is 3.28. The Morgan fingerprint density at radius 3 is 2.05 bits per heavy atom. The van der Waals surface area contributed by atoms with Crippen LogP contribution in [0.25, 0.3) is 0 Å². The number of sulfonamides is 1. The first-order valence-corrected chi connectivity index (χ1v) is 9.60. The molecule has 0 radical (unpaired) electrons. The first kappa shape index (κ1) is 17.4. The summed E-state index contributed by atoms with van der Waals surface area (Å²) in [7, 11) is -3.38. The standard InChI is InChI=1S/C17H28N2O2S/c1-5-6-7-18-8-10-19(11-9-18)22(20,21)17-15(3)12-14(2)13-16(17)4/h12-13H,5-11H2,1-4H3. The predicted octanol–water partition coefficient (Wildman–Crippen LogP) is 2.72. The minimum absolute atomic E-state index is 0.500. The molecule has 1 aromatic rings. The molecular formula is C17H28N2O2S. The van der Waals surface area contributed by atoms with Crippen LogP contribution < -0.4 is 0 Å². The van der Waals surface area contributed by atoms with Crippen molar-refractivity contribution in [1.29, 1.82) is 0 Å². The van der Waals surface area contributed by atoms with Gasteiger partial charge in [-0.2, -0.15) is 4.31 Å². The van der Waals surface area contributed by atoms with E-state index in [2.05, 4.69) is 11.8 Å². The molecule has 0 amide bonds. The number of nitrogens with zero attached hydrogens (tertiary/aromatic N) is 2. The number of benzene rings is 1. The molecule has 0 spiro atoms. The van der Waals surface area contributed by atoms with Crippen molar-refractivity contribution >= 4 is 10.0 Å². The molecule has 1 heterocycles. The SMILES string of the molecule is CCCCN1CCN(S(=O)(=O)c2c(C)cc(C)cc2C)CC1. The van der Waals surface area contributed by atoms with Crippen LogP contribution in [0.1, 0.15) is 36.5 Å². The average Bonchev–Trinajstić information content (AvgIpc) is 2.44. The molecule has 0 aliphatic carbocycles. The average molecular weight is 324 g/mol. The Bertz CT molecular complexity index is 595. The van der Waals surface area contributed by atoms with Gasteiger partial charge in [0.15, 0.2) is 0 Å². The largest absolute Gasteiger partial charge is 0.301 e. The molecule has 22 heavy (non-hydrogen) atoms. The quantitative estimate of drug-likeness (QED) is 0.836. The summed E-state index contributed by atoms with van der Waals surface area (Å²) in [6.45, 7) is 11.9. The molecule has 1 aromatic carbocycles. The lowest BCUT2D eigenvalue weighted by atomic mass is 10.1. The molecule has 1 aliphatic heterocycles. The summed E-state index contributed by atoms with van der Waals surface area (Å²) < 4.78 is 27.6. The summed E-state index contributed by atoms with van der Waals surface area (Å²) in [5.41, 5.74) is 2.81. The number of hydrogen-bond acceptors (Lipinski definition) is 3. The summed E-state index contributed by atoms with van der Waals surface area (Å²) >= 11 is 0. The molecule has 5 heteroatoms. The third kappa shape index (κ3) is 3.70. The van der Waals surface area contributed by atoms with E-state index >= 15 is 0 Å². The van der Waals surface area contributed by atoms with Crippen molar-refractivity contribution in [2.75, 3.05) is 32.7 Å². The van der Waals surface area contributed by atoms with Crippen LogP contribution in [0.4, 0.5) is 0 Å². The molecule has 1 aliphatic rings. The Hall–Kier alpha value is -0.910. The Kier molecular flexibility index (Phi) is 5.64. The normalized spacial score (nSPS) is 17.8. The molecule has 2 rings (SSSR count). The van der Waals surface area contributed by atoms with Gasteiger partial charge in [0.25, 0.3) is 0 Å². The van der Waals surface area contributed by atoms with Gasteiger partial charge in [-0.05, 0) is 44.9 Å². The number of unbranched alkanes of at least 4 members (excludes halogenated alkanes) is 1. The minimum Gasteiger partial charge on any atom is -0.301 e. The van der Waals surface area contributed by atoms with E-state index in [-0.39, 0.29) is 0 Å². The number of piperazine rings is 1. The molecule has 1 fully saturated rings. The van der Waals surface area contributed by atoms with Crippen molar-refractivity contribution in [1.82, 2.24) is 9.21 Å². The second kappa shape index (κ2) is 7.11. The summed E-state index contributed by atoms with van der Waals surface area (Å²) in [4.78, 5) is 2.87. The van der Waals surface area contributed by atoms with Crippen LogP contribution >= 0.6 is 0 Å². The zero-order chi connectivity index (χ0) is 16.3. The maximum atomic E-state index is 13.0. The van der Waals surface area contributed by atoms with E-state index in [9.17, 15) is 8.42 Å². The van der Waals surface area contributed by atoms with Gasteiger partial charge in [0.05, 0.1) is 4.90 Å². The molecule has 1 saturated heterocycles. The van der Waals surface area contributed by atoms with Crippen LogP contribution in [0.3, 0.4) is 0 Å². The number of aryl methyl sites for hydroxylation is 3. The second-order valence-electron chi connectivity index (χ2n) is 6.33. The van der Waals surface area contributed by atoms with E-state index in [1.165, 1.54) is 12.8 Å². The Morgan fingerprint density at radius 1 is 1.00 bits per heavy atom. The topological polar surface area (TPSA) is 40.6 Å². The van der Waals surface area contributed by atoms with Crippen LogP contribution in [0, 0.1) is 20.8 Å². The van der Waals surface area contributed by atoms with Crippen LogP contribution in [-0.4, -0.2) is 50.3 Å². The van der Waals surface area contributed by atoms with Crippen LogP contribution in [0.15, 0.2) is 17.0 Å². The molecule has 0 atom stereocenters. The van der Waals surface area contributed by atoms with E-state index in [0.29, 0.717) is 18.0 Å². The zero-order valence-electron chi connectivity index (χ0n) is 14.2. The van der Waals surface area contributed by atoms with Gasteiger partial charge in [0.2, 0.25) is 10.0 Å². The number of hydrogen-bond donors (Lipinski definition) is 0. The first-order valence-electron chi connectivity index (χ1n) is 8.16. The fourth-order valence-corrected chi connectivity index (χ4v) is 5.11. The molecular weight excluding hydrogens is 296 g/mol. The second-order valence-corrected chi connectivity index (χ2v) is 8.20. The van der Waals surface area contributed by atoms with Crippen LogP contribution in [-0.2, 0) is 10.0 Å². The minimum atomic E-state index is -3.38. The van der Waals surface area contributed by atoms with Crippen LogP contribution in [0.5, 0.6) is 0 Å². The van der Waals surface area contributed by atoms with Crippen molar-refractivity contribution in [2.24, 2.45) is 0 Å². The number of rotatable bonds is 5. The lowest BCUT2D eigenvalue weighted by Gasteiger charge is -2.34. The smallest absolute Gasteiger partial charge is 0.243 e. The Labute approximate surface area is 135 Å². The maximum absolute atomic E-state index is 13.0. The predicted molar refractivity (Wildman–Crippen MR) is 90.8 cm³/mol. The van der Waals surface area contributed by atoms with Crippen molar-refractivity contribution in [3.63, 3.8) is 0 Å². The molecule has 0 saturated carbocycles. The Morgan fingerprint density at radius 2 is 1.55 bits per heavy atom. The highest BCUT2D eigenvalue weighted by molar-refractivity contribution is 7.89. The van der Waals surface area contributed by atoms with Gasteiger partial charge in [-0.3, -0.25) is 0 Å². The van der Waals surface area contributed by atoms with Gasteiger partial charge in [0.1, 0.15) is 0 Å². The van der Waals surface area contributed by atoms with Crippen molar-refractivity contribution in [2.45, 2.75) is 45.4 Å².